The lowest BCUT2D eigenvalue weighted by atomic mass is 10.1. The molecule has 1 heterocycles. The van der Waals surface area contributed by atoms with E-state index in [0.717, 1.165) is 10.9 Å². The highest BCUT2D eigenvalue weighted by Gasteiger charge is 2.20. The van der Waals surface area contributed by atoms with Crippen molar-refractivity contribution in [3.63, 3.8) is 0 Å². The first kappa shape index (κ1) is 21.4. The highest BCUT2D eigenvalue weighted by atomic mass is 16.7. The van der Waals surface area contributed by atoms with Crippen LogP contribution in [0, 0.1) is 6.92 Å². The fourth-order valence-electron chi connectivity index (χ4n) is 2.92. The summed E-state index contributed by atoms with van der Waals surface area (Å²) in [7, 11) is 1.56. The quantitative estimate of drug-likeness (QED) is 0.366. The third-order valence-corrected chi connectivity index (χ3v) is 4.27. The van der Waals surface area contributed by atoms with Gasteiger partial charge in [-0.25, -0.2) is 9.78 Å². The van der Waals surface area contributed by atoms with E-state index in [1.165, 1.54) is 0 Å². The molecule has 3 rings (SSSR count). The molecule has 0 spiro atoms. The minimum Gasteiger partial charge on any atom is -0.492 e. The lowest BCUT2D eigenvalue weighted by molar-refractivity contribution is 0.0508. The number of carbonyl (C=O) groups excluding carboxylic acids is 1. The van der Waals surface area contributed by atoms with Crippen molar-refractivity contribution in [1.29, 1.82) is 0 Å². The average Bonchev–Trinajstić information content (AvgIpc) is 2.74. The summed E-state index contributed by atoms with van der Waals surface area (Å²) in [6.07, 6.45) is 0. The van der Waals surface area contributed by atoms with Gasteiger partial charge in [0.2, 0.25) is 5.88 Å². The molecule has 0 aliphatic carbocycles. The van der Waals surface area contributed by atoms with Gasteiger partial charge in [0.05, 0.1) is 13.2 Å². The Morgan fingerprint density at radius 1 is 1.00 bits per heavy atom. The number of carbonyl (C=O) groups is 1. The first-order valence-electron chi connectivity index (χ1n) is 9.71. The Hall–Kier alpha value is -3.32. The number of aromatic nitrogens is 1. The minimum atomic E-state index is -0.499. The van der Waals surface area contributed by atoms with Crippen molar-refractivity contribution < 1.29 is 28.5 Å². The molecule has 0 saturated carbocycles. The van der Waals surface area contributed by atoms with Gasteiger partial charge in [-0.1, -0.05) is 12.1 Å². The van der Waals surface area contributed by atoms with E-state index in [9.17, 15) is 4.79 Å². The molecule has 7 heteroatoms. The zero-order valence-corrected chi connectivity index (χ0v) is 17.6. The Morgan fingerprint density at radius 2 is 1.83 bits per heavy atom. The third kappa shape index (κ3) is 4.80. The number of nitrogens with zero attached hydrogens (tertiary/aromatic N) is 1. The Morgan fingerprint density at radius 3 is 2.53 bits per heavy atom. The minimum absolute atomic E-state index is 0.152. The Balaban J connectivity index is 2.04. The molecule has 0 saturated heterocycles. The van der Waals surface area contributed by atoms with Crippen LogP contribution in [0.25, 0.3) is 10.9 Å². The second kappa shape index (κ2) is 9.93. The van der Waals surface area contributed by atoms with Crippen molar-refractivity contribution >= 4 is 16.9 Å². The van der Waals surface area contributed by atoms with Gasteiger partial charge in [-0.05, 0) is 56.7 Å². The summed E-state index contributed by atoms with van der Waals surface area (Å²) in [6, 6.07) is 12.6. The Kier molecular flexibility index (Phi) is 7.08. The van der Waals surface area contributed by atoms with Crippen LogP contribution in [0.15, 0.2) is 42.5 Å². The van der Waals surface area contributed by atoms with Crippen LogP contribution in [0.4, 0.5) is 0 Å². The lowest BCUT2D eigenvalue weighted by Crippen LogP contribution is -2.08. The number of esters is 1. The molecule has 158 valence electrons. The van der Waals surface area contributed by atoms with Gasteiger partial charge < -0.3 is 23.7 Å². The number of para-hydroxylation sites is 1. The van der Waals surface area contributed by atoms with Crippen molar-refractivity contribution in [1.82, 2.24) is 4.98 Å². The van der Waals surface area contributed by atoms with Crippen LogP contribution in [-0.4, -0.2) is 38.1 Å². The predicted molar refractivity (Wildman–Crippen MR) is 113 cm³/mol. The van der Waals surface area contributed by atoms with Crippen molar-refractivity contribution in [3.8, 4) is 23.1 Å². The van der Waals surface area contributed by atoms with Gasteiger partial charge in [0, 0.05) is 12.5 Å². The van der Waals surface area contributed by atoms with Crippen LogP contribution in [0.3, 0.4) is 0 Å². The molecule has 0 unspecified atom stereocenters. The summed E-state index contributed by atoms with van der Waals surface area (Å²) >= 11 is 0. The number of aryl methyl sites for hydroxylation is 1. The molecule has 0 N–H and O–H groups in total. The van der Waals surface area contributed by atoms with E-state index in [0.29, 0.717) is 29.4 Å². The van der Waals surface area contributed by atoms with Gasteiger partial charge in [-0.2, -0.15) is 0 Å². The largest absolute Gasteiger partial charge is 0.492 e. The maximum Gasteiger partial charge on any atom is 0.343 e. The maximum atomic E-state index is 12.6. The van der Waals surface area contributed by atoms with Crippen LogP contribution in [0.2, 0.25) is 0 Å². The predicted octanol–water partition coefficient (Wildman–Crippen LogP) is 4.89. The van der Waals surface area contributed by atoms with Crippen molar-refractivity contribution in [2.24, 2.45) is 0 Å². The fraction of sp³-hybridized carbons (Fsp3) is 0.304. The lowest BCUT2D eigenvalue weighted by Gasteiger charge is -2.15. The van der Waals surface area contributed by atoms with Crippen LogP contribution < -0.4 is 14.2 Å². The standard InChI is InChI=1S/C23H25NO6/c1-5-27-20-9-7-8-16-13-18(23(25)28-6-2)22(24-21(16)20)30-19-11-10-17(12-15(19)3)29-14-26-4/h7-13H,5-6,14H2,1-4H3. The first-order valence-corrected chi connectivity index (χ1v) is 9.71. The molecular formula is C23H25NO6. The van der Waals surface area contributed by atoms with Crippen molar-refractivity contribution in [2.75, 3.05) is 27.1 Å². The molecule has 0 radical (unpaired) electrons. The van der Waals surface area contributed by atoms with E-state index in [-0.39, 0.29) is 24.8 Å². The molecule has 3 aromatic rings. The number of fused-ring (bicyclic) bond motifs is 1. The maximum absolute atomic E-state index is 12.6. The van der Waals surface area contributed by atoms with E-state index >= 15 is 0 Å². The molecule has 0 aliphatic rings. The van der Waals surface area contributed by atoms with E-state index in [2.05, 4.69) is 4.98 Å². The second-order valence-corrected chi connectivity index (χ2v) is 6.40. The number of benzene rings is 2. The second-order valence-electron chi connectivity index (χ2n) is 6.40. The topological polar surface area (TPSA) is 76.1 Å². The monoisotopic (exact) mass is 411 g/mol. The average molecular weight is 411 g/mol. The Bertz CT molecular complexity index is 1030. The van der Waals surface area contributed by atoms with Crippen LogP contribution in [0.5, 0.6) is 23.1 Å². The molecule has 0 amide bonds. The van der Waals surface area contributed by atoms with E-state index < -0.39 is 5.97 Å². The summed E-state index contributed by atoms with van der Waals surface area (Å²) < 4.78 is 27.3. The third-order valence-electron chi connectivity index (χ3n) is 4.27. The zero-order valence-electron chi connectivity index (χ0n) is 17.6. The molecule has 30 heavy (non-hydrogen) atoms. The number of ether oxygens (including phenoxy) is 5. The number of hydrogen-bond donors (Lipinski definition) is 0. The molecule has 1 aromatic heterocycles. The van der Waals surface area contributed by atoms with Crippen LogP contribution in [-0.2, 0) is 9.47 Å². The van der Waals surface area contributed by atoms with Crippen LogP contribution in [0.1, 0.15) is 29.8 Å². The van der Waals surface area contributed by atoms with Gasteiger partial charge >= 0.3 is 5.97 Å². The fourth-order valence-corrected chi connectivity index (χ4v) is 2.92. The number of rotatable bonds is 9. The van der Waals surface area contributed by atoms with Crippen molar-refractivity contribution in [3.05, 3.63) is 53.6 Å². The molecule has 7 nitrogen and oxygen atoms in total. The summed E-state index contributed by atoms with van der Waals surface area (Å²) in [5, 5.41) is 0.761. The first-order chi connectivity index (χ1) is 14.6. The summed E-state index contributed by atoms with van der Waals surface area (Å²) in [6.45, 7) is 6.44. The summed E-state index contributed by atoms with van der Waals surface area (Å²) in [5.74, 6) is 1.47. The molecular weight excluding hydrogens is 386 g/mol. The summed E-state index contributed by atoms with van der Waals surface area (Å²) in [4.78, 5) is 17.2. The molecule has 2 aromatic carbocycles. The van der Waals surface area contributed by atoms with E-state index in [4.69, 9.17) is 23.7 Å². The smallest absolute Gasteiger partial charge is 0.343 e. The molecule has 0 bridgehead atoms. The molecule has 0 atom stereocenters. The number of hydrogen-bond acceptors (Lipinski definition) is 7. The van der Waals surface area contributed by atoms with Gasteiger partial charge in [0.25, 0.3) is 0 Å². The van der Waals surface area contributed by atoms with Gasteiger partial charge in [-0.15, -0.1) is 0 Å². The van der Waals surface area contributed by atoms with Gasteiger partial charge in [0.1, 0.15) is 28.3 Å². The van der Waals surface area contributed by atoms with Gasteiger partial charge in [0.15, 0.2) is 6.79 Å². The van der Waals surface area contributed by atoms with E-state index in [1.54, 1.807) is 32.2 Å². The summed E-state index contributed by atoms with van der Waals surface area (Å²) in [5.41, 5.74) is 1.68. The van der Waals surface area contributed by atoms with Crippen molar-refractivity contribution in [2.45, 2.75) is 20.8 Å². The molecule has 0 aliphatic heterocycles. The highest BCUT2D eigenvalue weighted by Crippen LogP contribution is 2.34. The highest BCUT2D eigenvalue weighted by molar-refractivity contribution is 5.97. The van der Waals surface area contributed by atoms with Gasteiger partial charge in [-0.3, -0.25) is 0 Å². The normalized spacial score (nSPS) is 10.7. The van der Waals surface area contributed by atoms with E-state index in [1.807, 2.05) is 38.1 Å². The number of pyridine rings is 1. The zero-order chi connectivity index (χ0) is 21.5. The van der Waals surface area contributed by atoms with Crippen LogP contribution >= 0.6 is 0 Å². The Labute approximate surface area is 175 Å². The molecule has 0 fully saturated rings. The SMILES string of the molecule is CCOC(=O)c1cc2cccc(OCC)c2nc1Oc1ccc(OCOC)cc1C. The number of methoxy groups -OCH3 is 1.